The zero-order valence-electron chi connectivity index (χ0n) is 8.78. The first-order valence-corrected chi connectivity index (χ1v) is 5.63. The van der Waals surface area contributed by atoms with Gasteiger partial charge in [-0.15, -0.1) is 11.6 Å². The zero-order chi connectivity index (χ0) is 10.8. The molecule has 2 aromatic rings. The quantitative estimate of drug-likeness (QED) is 0.796. The standard InChI is InChI=1S/C12H15ClN2/c1-15-8-10(11(14)6-7-13)9-4-2-3-5-12(9)15/h2-5,8,11H,6-7,14H2,1H3. The second kappa shape index (κ2) is 4.25. The average Bonchev–Trinajstić information content (AvgIpc) is 2.58. The average molecular weight is 223 g/mol. The van der Waals surface area contributed by atoms with Gasteiger partial charge in [0, 0.05) is 36.1 Å². The fourth-order valence-electron chi connectivity index (χ4n) is 1.94. The summed E-state index contributed by atoms with van der Waals surface area (Å²) >= 11 is 5.72. The highest BCUT2D eigenvalue weighted by molar-refractivity contribution is 6.17. The van der Waals surface area contributed by atoms with E-state index in [0.29, 0.717) is 5.88 Å². The van der Waals surface area contributed by atoms with Crippen molar-refractivity contribution in [2.45, 2.75) is 12.5 Å². The lowest BCUT2D eigenvalue weighted by molar-refractivity contribution is 0.704. The van der Waals surface area contributed by atoms with Gasteiger partial charge in [0.2, 0.25) is 0 Å². The first-order chi connectivity index (χ1) is 7.24. The van der Waals surface area contributed by atoms with E-state index in [-0.39, 0.29) is 6.04 Å². The molecule has 0 radical (unpaired) electrons. The van der Waals surface area contributed by atoms with Crippen LogP contribution in [0.1, 0.15) is 18.0 Å². The number of benzene rings is 1. The topological polar surface area (TPSA) is 30.9 Å². The smallest absolute Gasteiger partial charge is 0.0481 e. The van der Waals surface area contributed by atoms with E-state index in [1.807, 2.05) is 19.2 Å². The van der Waals surface area contributed by atoms with Crippen LogP contribution < -0.4 is 5.73 Å². The Balaban J connectivity index is 2.52. The molecule has 1 aromatic carbocycles. The molecule has 0 amide bonds. The van der Waals surface area contributed by atoms with E-state index >= 15 is 0 Å². The van der Waals surface area contributed by atoms with Gasteiger partial charge >= 0.3 is 0 Å². The van der Waals surface area contributed by atoms with Crippen molar-refractivity contribution in [2.75, 3.05) is 5.88 Å². The lowest BCUT2D eigenvalue weighted by atomic mass is 10.0. The molecule has 0 aliphatic rings. The molecule has 0 fully saturated rings. The van der Waals surface area contributed by atoms with E-state index in [2.05, 4.69) is 22.9 Å². The summed E-state index contributed by atoms with van der Waals surface area (Å²) < 4.78 is 2.11. The number of nitrogens with two attached hydrogens (primary N) is 1. The molecule has 80 valence electrons. The minimum absolute atomic E-state index is 0.0357. The maximum absolute atomic E-state index is 6.09. The van der Waals surface area contributed by atoms with Gasteiger partial charge in [-0.2, -0.15) is 0 Å². The number of aryl methyl sites for hydroxylation is 1. The molecule has 0 aliphatic heterocycles. The van der Waals surface area contributed by atoms with Crippen molar-refractivity contribution in [3.05, 3.63) is 36.0 Å². The van der Waals surface area contributed by atoms with E-state index in [1.165, 1.54) is 16.5 Å². The summed E-state index contributed by atoms with van der Waals surface area (Å²) in [6.45, 7) is 0. The minimum atomic E-state index is 0.0357. The highest BCUT2D eigenvalue weighted by atomic mass is 35.5. The van der Waals surface area contributed by atoms with Crippen LogP contribution in [0.25, 0.3) is 10.9 Å². The molecule has 0 saturated heterocycles. The molecule has 0 aliphatic carbocycles. The highest BCUT2D eigenvalue weighted by Gasteiger charge is 2.12. The van der Waals surface area contributed by atoms with E-state index in [4.69, 9.17) is 17.3 Å². The molecule has 0 bridgehead atoms. The molecule has 2 nitrogen and oxygen atoms in total. The van der Waals surface area contributed by atoms with Crippen LogP contribution in [-0.4, -0.2) is 10.4 Å². The monoisotopic (exact) mass is 222 g/mol. The molecule has 2 rings (SSSR count). The Morgan fingerprint density at radius 3 is 2.87 bits per heavy atom. The zero-order valence-corrected chi connectivity index (χ0v) is 9.54. The summed E-state index contributed by atoms with van der Waals surface area (Å²) in [7, 11) is 2.04. The number of para-hydroxylation sites is 1. The maximum atomic E-state index is 6.09. The molecule has 0 saturated carbocycles. The molecule has 1 unspecified atom stereocenters. The predicted octanol–water partition coefficient (Wildman–Crippen LogP) is 2.81. The van der Waals surface area contributed by atoms with Crippen molar-refractivity contribution in [2.24, 2.45) is 12.8 Å². The van der Waals surface area contributed by atoms with Crippen LogP contribution >= 0.6 is 11.6 Å². The highest BCUT2D eigenvalue weighted by Crippen LogP contribution is 2.26. The fourth-order valence-corrected chi connectivity index (χ4v) is 2.18. The van der Waals surface area contributed by atoms with Gasteiger partial charge in [0.1, 0.15) is 0 Å². The van der Waals surface area contributed by atoms with Gasteiger partial charge in [-0.3, -0.25) is 0 Å². The van der Waals surface area contributed by atoms with Gasteiger partial charge in [-0.05, 0) is 18.1 Å². The predicted molar refractivity (Wildman–Crippen MR) is 65.2 cm³/mol. The van der Waals surface area contributed by atoms with Crippen LogP contribution in [0, 0.1) is 0 Å². The molecule has 1 atom stereocenters. The lowest BCUT2D eigenvalue weighted by Gasteiger charge is -2.07. The van der Waals surface area contributed by atoms with Crippen LogP contribution in [0.15, 0.2) is 30.5 Å². The summed E-state index contributed by atoms with van der Waals surface area (Å²) in [6, 6.07) is 8.33. The van der Waals surface area contributed by atoms with Gasteiger partial charge in [-0.1, -0.05) is 18.2 Å². The first-order valence-electron chi connectivity index (χ1n) is 5.09. The Morgan fingerprint density at radius 2 is 2.13 bits per heavy atom. The SMILES string of the molecule is Cn1cc(C(N)CCCl)c2ccccc21. The van der Waals surface area contributed by atoms with Gasteiger partial charge < -0.3 is 10.3 Å². The third-order valence-corrected chi connectivity index (χ3v) is 2.97. The number of fused-ring (bicyclic) bond motifs is 1. The number of hydrogen-bond donors (Lipinski definition) is 1. The van der Waals surface area contributed by atoms with Crippen molar-refractivity contribution < 1.29 is 0 Å². The van der Waals surface area contributed by atoms with Crippen LogP contribution in [0.4, 0.5) is 0 Å². The molecular weight excluding hydrogens is 208 g/mol. The van der Waals surface area contributed by atoms with E-state index in [9.17, 15) is 0 Å². The Bertz CT molecular complexity index is 462. The number of hydrogen-bond acceptors (Lipinski definition) is 1. The molecule has 1 aromatic heterocycles. The number of halogens is 1. The van der Waals surface area contributed by atoms with Gasteiger partial charge in [0.05, 0.1) is 0 Å². The normalized spacial score (nSPS) is 13.3. The first kappa shape index (κ1) is 10.5. The molecular formula is C12H15ClN2. The largest absolute Gasteiger partial charge is 0.350 e. The molecule has 0 spiro atoms. The van der Waals surface area contributed by atoms with Crippen LogP contribution in [0.2, 0.25) is 0 Å². The summed E-state index contributed by atoms with van der Waals surface area (Å²) in [4.78, 5) is 0. The van der Waals surface area contributed by atoms with E-state index in [0.717, 1.165) is 6.42 Å². The molecule has 3 heteroatoms. The van der Waals surface area contributed by atoms with Crippen LogP contribution in [-0.2, 0) is 7.05 Å². The lowest BCUT2D eigenvalue weighted by Crippen LogP contribution is -2.10. The minimum Gasteiger partial charge on any atom is -0.350 e. The van der Waals surface area contributed by atoms with E-state index < -0.39 is 0 Å². The van der Waals surface area contributed by atoms with E-state index in [1.54, 1.807) is 0 Å². The molecule has 15 heavy (non-hydrogen) atoms. The van der Waals surface area contributed by atoms with Crippen LogP contribution in [0.5, 0.6) is 0 Å². The van der Waals surface area contributed by atoms with Gasteiger partial charge in [-0.25, -0.2) is 0 Å². The van der Waals surface area contributed by atoms with Crippen molar-refractivity contribution in [1.82, 2.24) is 4.57 Å². The number of alkyl halides is 1. The second-order valence-electron chi connectivity index (χ2n) is 3.80. The number of aromatic nitrogens is 1. The van der Waals surface area contributed by atoms with Gasteiger partial charge in [0.25, 0.3) is 0 Å². The third-order valence-electron chi connectivity index (χ3n) is 2.75. The number of rotatable bonds is 3. The summed E-state index contributed by atoms with van der Waals surface area (Å²) in [5, 5.41) is 1.23. The Morgan fingerprint density at radius 1 is 1.40 bits per heavy atom. The van der Waals surface area contributed by atoms with Gasteiger partial charge in [0.15, 0.2) is 0 Å². The summed E-state index contributed by atoms with van der Waals surface area (Å²) in [5.74, 6) is 0.602. The van der Waals surface area contributed by atoms with Crippen LogP contribution in [0.3, 0.4) is 0 Å². The Kier molecular flexibility index (Phi) is 2.98. The third kappa shape index (κ3) is 1.87. The molecule has 2 N–H and O–H groups in total. The maximum Gasteiger partial charge on any atom is 0.0481 e. The Labute approximate surface area is 94.6 Å². The van der Waals surface area contributed by atoms with Crippen molar-refractivity contribution >= 4 is 22.5 Å². The van der Waals surface area contributed by atoms with Crippen molar-refractivity contribution in [3.8, 4) is 0 Å². The Hall–Kier alpha value is -0.990. The molecule has 1 heterocycles. The van der Waals surface area contributed by atoms with Crippen molar-refractivity contribution in [1.29, 1.82) is 0 Å². The van der Waals surface area contributed by atoms with Crippen molar-refractivity contribution in [3.63, 3.8) is 0 Å². The fraction of sp³-hybridized carbons (Fsp3) is 0.333. The summed E-state index contributed by atoms with van der Waals surface area (Å²) in [6.07, 6.45) is 2.91. The summed E-state index contributed by atoms with van der Waals surface area (Å²) in [5.41, 5.74) is 8.50. The second-order valence-corrected chi connectivity index (χ2v) is 4.17. The number of nitrogens with zero attached hydrogens (tertiary/aromatic N) is 1.